The monoisotopic (exact) mass is 284 g/mol. The number of carbonyl (C=O) groups is 1. The number of benzene rings is 1. The quantitative estimate of drug-likeness (QED) is 0.630. The van der Waals surface area contributed by atoms with Gasteiger partial charge in [0.25, 0.3) is 0 Å². The van der Waals surface area contributed by atoms with E-state index in [0.717, 1.165) is 11.3 Å². The molecule has 0 aliphatic rings. The molecule has 1 rings (SSSR count). The largest absolute Gasteiger partial charge is 0.497 e. The number of hydrogen-bond donors (Lipinski definition) is 0. The average Bonchev–Trinajstić information content (AvgIpc) is 2.30. The molecule has 0 saturated heterocycles. The van der Waals surface area contributed by atoms with E-state index >= 15 is 0 Å². The van der Waals surface area contributed by atoms with Crippen LogP contribution in [0, 0.1) is 0 Å². The Morgan fingerprint density at radius 1 is 1.38 bits per heavy atom. The van der Waals surface area contributed by atoms with Crippen LogP contribution >= 0.6 is 15.9 Å². The molecule has 0 atom stereocenters. The van der Waals surface area contributed by atoms with Gasteiger partial charge in [-0.25, -0.2) is 4.79 Å². The molecule has 0 bridgehead atoms. The van der Waals surface area contributed by atoms with Crippen LogP contribution in [0.15, 0.2) is 28.7 Å². The van der Waals surface area contributed by atoms with Gasteiger partial charge in [0, 0.05) is 0 Å². The van der Waals surface area contributed by atoms with Gasteiger partial charge in [-0.1, -0.05) is 12.1 Å². The fourth-order valence-corrected chi connectivity index (χ4v) is 1.48. The van der Waals surface area contributed by atoms with Crippen LogP contribution in [-0.2, 0) is 9.53 Å². The first-order valence-corrected chi connectivity index (χ1v) is 5.65. The van der Waals surface area contributed by atoms with E-state index in [9.17, 15) is 4.79 Å². The SMILES string of the molecule is CCOC(=O)C(Br)=Cc1ccc(OC)cc1. The Bertz CT molecular complexity index is 382. The molecule has 0 radical (unpaired) electrons. The zero-order valence-corrected chi connectivity index (χ0v) is 10.8. The van der Waals surface area contributed by atoms with E-state index < -0.39 is 0 Å². The molecule has 0 aliphatic carbocycles. The summed E-state index contributed by atoms with van der Waals surface area (Å²) in [7, 11) is 1.61. The minimum atomic E-state index is -0.363. The van der Waals surface area contributed by atoms with Crippen molar-refractivity contribution < 1.29 is 14.3 Å². The Kier molecular flexibility index (Phi) is 5.05. The summed E-state index contributed by atoms with van der Waals surface area (Å²) in [5, 5.41) is 0. The maximum atomic E-state index is 11.3. The average molecular weight is 285 g/mol. The number of rotatable bonds is 4. The van der Waals surface area contributed by atoms with Gasteiger partial charge in [0.05, 0.1) is 13.7 Å². The third kappa shape index (κ3) is 3.70. The molecule has 16 heavy (non-hydrogen) atoms. The first-order chi connectivity index (χ1) is 7.67. The highest BCUT2D eigenvalue weighted by molar-refractivity contribution is 9.12. The molecule has 0 spiro atoms. The lowest BCUT2D eigenvalue weighted by Gasteiger charge is -2.01. The van der Waals surface area contributed by atoms with Gasteiger partial charge in [-0.3, -0.25) is 0 Å². The van der Waals surface area contributed by atoms with E-state index in [1.54, 1.807) is 20.1 Å². The van der Waals surface area contributed by atoms with Crippen LogP contribution in [0.25, 0.3) is 6.08 Å². The number of esters is 1. The Morgan fingerprint density at radius 3 is 2.50 bits per heavy atom. The molecule has 1 aromatic carbocycles. The van der Waals surface area contributed by atoms with Gasteiger partial charge in [-0.05, 0) is 46.6 Å². The third-order valence-corrected chi connectivity index (χ3v) is 2.43. The number of hydrogen-bond acceptors (Lipinski definition) is 3. The molecular weight excluding hydrogens is 272 g/mol. The van der Waals surface area contributed by atoms with Crippen LogP contribution in [0.5, 0.6) is 5.75 Å². The third-order valence-electron chi connectivity index (χ3n) is 1.88. The van der Waals surface area contributed by atoms with Crippen LogP contribution in [0.4, 0.5) is 0 Å². The van der Waals surface area contributed by atoms with Gasteiger partial charge in [0.15, 0.2) is 0 Å². The van der Waals surface area contributed by atoms with Crippen molar-refractivity contribution in [2.24, 2.45) is 0 Å². The Balaban J connectivity index is 2.77. The summed E-state index contributed by atoms with van der Waals surface area (Å²) in [6.07, 6.45) is 1.71. The van der Waals surface area contributed by atoms with Crippen molar-refractivity contribution in [1.82, 2.24) is 0 Å². The topological polar surface area (TPSA) is 35.5 Å². The van der Waals surface area contributed by atoms with Crippen molar-refractivity contribution in [3.8, 4) is 5.75 Å². The number of halogens is 1. The van der Waals surface area contributed by atoms with Crippen LogP contribution in [0.3, 0.4) is 0 Å². The standard InChI is InChI=1S/C12H13BrO3/c1-3-16-12(14)11(13)8-9-4-6-10(15-2)7-5-9/h4-8H,3H2,1-2H3. The van der Waals surface area contributed by atoms with Crippen molar-refractivity contribution in [2.75, 3.05) is 13.7 Å². The van der Waals surface area contributed by atoms with Crippen LogP contribution in [-0.4, -0.2) is 19.7 Å². The summed E-state index contributed by atoms with van der Waals surface area (Å²) in [5.74, 6) is 0.419. The van der Waals surface area contributed by atoms with E-state index in [4.69, 9.17) is 9.47 Å². The number of ether oxygens (including phenoxy) is 2. The highest BCUT2D eigenvalue weighted by Crippen LogP contribution is 2.17. The lowest BCUT2D eigenvalue weighted by molar-refractivity contribution is -0.137. The lowest BCUT2D eigenvalue weighted by atomic mass is 10.2. The Morgan fingerprint density at radius 2 is 2.00 bits per heavy atom. The molecule has 0 fully saturated rings. The van der Waals surface area contributed by atoms with E-state index in [1.807, 2.05) is 24.3 Å². The summed E-state index contributed by atoms with van der Waals surface area (Å²) in [5.41, 5.74) is 0.903. The summed E-state index contributed by atoms with van der Waals surface area (Å²) in [4.78, 5) is 11.3. The fraction of sp³-hybridized carbons (Fsp3) is 0.250. The van der Waals surface area contributed by atoms with E-state index in [0.29, 0.717) is 11.1 Å². The van der Waals surface area contributed by atoms with Crippen molar-refractivity contribution >= 4 is 28.0 Å². The molecule has 4 heteroatoms. The normalized spacial score (nSPS) is 11.1. The van der Waals surface area contributed by atoms with Gasteiger partial charge >= 0.3 is 5.97 Å². The highest BCUT2D eigenvalue weighted by Gasteiger charge is 2.06. The van der Waals surface area contributed by atoms with Gasteiger partial charge in [0.2, 0.25) is 0 Å². The summed E-state index contributed by atoms with van der Waals surface area (Å²) < 4.78 is 10.3. The fourth-order valence-electron chi connectivity index (χ4n) is 1.11. The van der Waals surface area contributed by atoms with Crippen molar-refractivity contribution in [1.29, 1.82) is 0 Å². The highest BCUT2D eigenvalue weighted by atomic mass is 79.9. The molecule has 1 aromatic rings. The molecule has 0 aliphatic heterocycles. The molecule has 0 heterocycles. The van der Waals surface area contributed by atoms with E-state index in [1.165, 1.54) is 0 Å². The van der Waals surface area contributed by atoms with E-state index in [-0.39, 0.29) is 5.97 Å². The Hall–Kier alpha value is -1.29. The van der Waals surface area contributed by atoms with Crippen molar-refractivity contribution in [3.05, 3.63) is 34.3 Å². The maximum Gasteiger partial charge on any atom is 0.345 e. The summed E-state index contributed by atoms with van der Waals surface area (Å²) in [6.45, 7) is 2.13. The van der Waals surface area contributed by atoms with Gasteiger partial charge < -0.3 is 9.47 Å². The zero-order chi connectivity index (χ0) is 12.0. The molecule has 0 amide bonds. The first-order valence-electron chi connectivity index (χ1n) is 4.85. The minimum absolute atomic E-state index is 0.363. The molecule has 0 saturated carbocycles. The predicted octanol–water partition coefficient (Wildman–Crippen LogP) is 2.99. The molecule has 0 unspecified atom stereocenters. The molecule has 3 nitrogen and oxygen atoms in total. The summed E-state index contributed by atoms with van der Waals surface area (Å²) in [6, 6.07) is 7.38. The van der Waals surface area contributed by atoms with Crippen molar-refractivity contribution in [3.63, 3.8) is 0 Å². The van der Waals surface area contributed by atoms with Crippen LogP contribution in [0.1, 0.15) is 12.5 Å². The van der Waals surface area contributed by atoms with Gasteiger partial charge in [-0.2, -0.15) is 0 Å². The van der Waals surface area contributed by atoms with Gasteiger partial charge in [-0.15, -0.1) is 0 Å². The molecule has 0 N–H and O–H groups in total. The Labute approximate surface area is 103 Å². The minimum Gasteiger partial charge on any atom is -0.497 e. The van der Waals surface area contributed by atoms with Gasteiger partial charge in [0.1, 0.15) is 10.2 Å². The van der Waals surface area contributed by atoms with E-state index in [2.05, 4.69) is 15.9 Å². The van der Waals surface area contributed by atoms with Crippen LogP contribution in [0.2, 0.25) is 0 Å². The second kappa shape index (κ2) is 6.33. The maximum absolute atomic E-state index is 11.3. The van der Waals surface area contributed by atoms with Crippen LogP contribution < -0.4 is 4.74 Å². The predicted molar refractivity (Wildman–Crippen MR) is 66.5 cm³/mol. The lowest BCUT2D eigenvalue weighted by Crippen LogP contribution is -2.02. The summed E-state index contributed by atoms with van der Waals surface area (Å²) >= 11 is 3.17. The molecular formula is C12H13BrO3. The number of methoxy groups -OCH3 is 1. The molecule has 86 valence electrons. The van der Waals surface area contributed by atoms with Crippen molar-refractivity contribution in [2.45, 2.75) is 6.92 Å². The second-order valence-electron chi connectivity index (χ2n) is 2.99. The second-order valence-corrected chi connectivity index (χ2v) is 3.84. The smallest absolute Gasteiger partial charge is 0.345 e. The molecule has 0 aromatic heterocycles. The zero-order valence-electron chi connectivity index (χ0n) is 9.20. The number of carbonyl (C=O) groups excluding carboxylic acids is 1. The first kappa shape index (κ1) is 12.8.